The quantitative estimate of drug-likeness (QED) is 0.728. The minimum absolute atomic E-state index is 0.160. The molecular formula is C13H15NO3. The van der Waals surface area contributed by atoms with Gasteiger partial charge in [-0.15, -0.1) is 0 Å². The van der Waals surface area contributed by atoms with Crippen molar-refractivity contribution in [2.24, 2.45) is 0 Å². The Morgan fingerprint density at radius 2 is 2.12 bits per heavy atom. The molecule has 0 unspecified atom stereocenters. The van der Waals surface area contributed by atoms with Gasteiger partial charge in [0.15, 0.2) is 6.61 Å². The first-order valence-electron chi connectivity index (χ1n) is 5.70. The molecule has 0 bridgehead atoms. The second kappa shape index (κ2) is 4.99. The van der Waals surface area contributed by atoms with Crippen LogP contribution < -0.4 is 4.90 Å². The van der Waals surface area contributed by atoms with Crippen molar-refractivity contribution >= 4 is 17.6 Å². The third-order valence-corrected chi connectivity index (χ3v) is 2.81. The number of rotatable bonds is 2. The first-order valence-corrected chi connectivity index (χ1v) is 5.70. The standard InChI is InChI=1S/C13H15NO3/c1-10(15)17-9-13(16)14-8-4-6-11-5-2-3-7-12(11)14/h2-3,5,7H,4,6,8-9H2,1H3. The molecule has 4 nitrogen and oxygen atoms in total. The Kier molecular flexibility index (Phi) is 3.42. The zero-order valence-corrected chi connectivity index (χ0v) is 9.81. The van der Waals surface area contributed by atoms with Gasteiger partial charge in [-0.3, -0.25) is 9.59 Å². The Morgan fingerprint density at radius 1 is 1.35 bits per heavy atom. The molecule has 0 aromatic heterocycles. The maximum Gasteiger partial charge on any atom is 0.303 e. The van der Waals surface area contributed by atoms with E-state index in [4.69, 9.17) is 4.74 Å². The lowest BCUT2D eigenvalue weighted by molar-refractivity contribution is -0.145. The number of esters is 1. The highest BCUT2D eigenvalue weighted by molar-refractivity contribution is 5.96. The van der Waals surface area contributed by atoms with E-state index in [0.29, 0.717) is 6.54 Å². The highest BCUT2D eigenvalue weighted by Crippen LogP contribution is 2.26. The minimum Gasteiger partial charge on any atom is -0.456 e. The molecule has 0 N–H and O–H groups in total. The van der Waals surface area contributed by atoms with Crippen LogP contribution in [-0.2, 0) is 20.7 Å². The monoisotopic (exact) mass is 233 g/mol. The highest BCUT2D eigenvalue weighted by Gasteiger charge is 2.22. The summed E-state index contributed by atoms with van der Waals surface area (Å²) < 4.78 is 4.74. The summed E-state index contributed by atoms with van der Waals surface area (Å²) in [6.07, 6.45) is 1.94. The topological polar surface area (TPSA) is 46.6 Å². The predicted molar refractivity (Wildman–Crippen MR) is 63.7 cm³/mol. The molecule has 1 heterocycles. The van der Waals surface area contributed by atoms with Gasteiger partial charge < -0.3 is 9.64 Å². The number of carbonyl (C=O) groups is 2. The SMILES string of the molecule is CC(=O)OCC(=O)N1CCCc2ccccc21. The smallest absolute Gasteiger partial charge is 0.303 e. The fourth-order valence-corrected chi connectivity index (χ4v) is 2.03. The van der Waals surface area contributed by atoms with Gasteiger partial charge in [-0.2, -0.15) is 0 Å². The maximum absolute atomic E-state index is 11.9. The molecule has 17 heavy (non-hydrogen) atoms. The summed E-state index contributed by atoms with van der Waals surface area (Å²) in [6.45, 7) is 1.82. The number of benzene rings is 1. The molecule has 0 atom stereocenters. The van der Waals surface area contributed by atoms with E-state index in [2.05, 4.69) is 0 Å². The number of fused-ring (bicyclic) bond motifs is 1. The van der Waals surface area contributed by atoms with E-state index in [1.54, 1.807) is 4.90 Å². The normalized spacial score (nSPS) is 14.1. The summed E-state index contributed by atoms with van der Waals surface area (Å²) in [4.78, 5) is 24.3. The molecular weight excluding hydrogens is 218 g/mol. The lowest BCUT2D eigenvalue weighted by atomic mass is 10.0. The lowest BCUT2D eigenvalue weighted by Crippen LogP contribution is -2.38. The highest BCUT2D eigenvalue weighted by atomic mass is 16.5. The van der Waals surface area contributed by atoms with Crippen molar-refractivity contribution in [3.63, 3.8) is 0 Å². The fourth-order valence-electron chi connectivity index (χ4n) is 2.03. The number of amides is 1. The number of carbonyl (C=O) groups excluding carboxylic acids is 2. The summed E-state index contributed by atoms with van der Waals surface area (Å²) >= 11 is 0. The Balaban J connectivity index is 2.12. The minimum atomic E-state index is -0.427. The number of hydrogen-bond acceptors (Lipinski definition) is 3. The van der Waals surface area contributed by atoms with Gasteiger partial charge in [0.2, 0.25) is 0 Å². The first kappa shape index (κ1) is 11.6. The van der Waals surface area contributed by atoms with E-state index >= 15 is 0 Å². The van der Waals surface area contributed by atoms with E-state index in [1.807, 2.05) is 24.3 Å². The third kappa shape index (κ3) is 2.64. The zero-order valence-electron chi connectivity index (χ0n) is 9.81. The van der Waals surface area contributed by atoms with Crippen LogP contribution in [0, 0.1) is 0 Å². The second-order valence-electron chi connectivity index (χ2n) is 4.06. The summed E-state index contributed by atoms with van der Waals surface area (Å²) in [5, 5.41) is 0. The van der Waals surface area contributed by atoms with E-state index in [0.717, 1.165) is 18.5 Å². The van der Waals surface area contributed by atoms with Crippen LogP contribution in [0.5, 0.6) is 0 Å². The molecule has 2 rings (SSSR count). The molecule has 0 aliphatic carbocycles. The number of aryl methyl sites for hydroxylation is 1. The summed E-state index contributed by atoms with van der Waals surface area (Å²) in [7, 11) is 0. The van der Waals surface area contributed by atoms with E-state index in [-0.39, 0.29) is 12.5 Å². The molecule has 1 amide bonds. The lowest BCUT2D eigenvalue weighted by Gasteiger charge is -2.29. The van der Waals surface area contributed by atoms with Crippen LogP contribution in [0.3, 0.4) is 0 Å². The van der Waals surface area contributed by atoms with Gasteiger partial charge in [0.05, 0.1) is 0 Å². The Morgan fingerprint density at radius 3 is 2.88 bits per heavy atom. The van der Waals surface area contributed by atoms with Crippen LogP contribution in [-0.4, -0.2) is 25.0 Å². The van der Waals surface area contributed by atoms with Crippen LogP contribution >= 0.6 is 0 Å². The molecule has 0 fully saturated rings. The van der Waals surface area contributed by atoms with E-state index in [1.165, 1.54) is 12.5 Å². The van der Waals surface area contributed by atoms with Crippen LogP contribution in [0.25, 0.3) is 0 Å². The van der Waals surface area contributed by atoms with Crippen LogP contribution in [0.4, 0.5) is 5.69 Å². The van der Waals surface area contributed by atoms with Crippen molar-refractivity contribution < 1.29 is 14.3 Å². The molecule has 90 valence electrons. The van der Waals surface area contributed by atoms with Gasteiger partial charge in [0.25, 0.3) is 5.91 Å². The molecule has 1 aromatic rings. The van der Waals surface area contributed by atoms with Gasteiger partial charge in [-0.05, 0) is 24.5 Å². The summed E-state index contributed by atoms with van der Waals surface area (Å²) in [6, 6.07) is 7.84. The van der Waals surface area contributed by atoms with Crippen molar-refractivity contribution in [1.82, 2.24) is 0 Å². The third-order valence-electron chi connectivity index (χ3n) is 2.81. The number of nitrogens with zero attached hydrogens (tertiary/aromatic N) is 1. The number of ether oxygens (including phenoxy) is 1. The summed E-state index contributed by atoms with van der Waals surface area (Å²) in [5.41, 5.74) is 2.12. The van der Waals surface area contributed by atoms with Gasteiger partial charge in [0.1, 0.15) is 0 Å². The van der Waals surface area contributed by atoms with Crippen molar-refractivity contribution in [2.45, 2.75) is 19.8 Å². The molecule has 0 radical (unpaired) electrons. The van der Waals surface area contributed by atoms with Crippen LogP contribution in [0.1, 0.15) is 18.9 Å². The molecule has 1 aromatic carbocycles. The molecule has 1 aliphatic heterocycles. The number of hydrogen-bond donors (Lipinski definition) is 0. The number of anilines is 1. The van der Waals surface area contributed by atoms with E-state index in [9.17, 15) is 9.59 Å². The number of para-hydroxylation sites is 1. The average Bonchev–Trinajstić information content (AvgIpc) is 2.35. The van der Waals surface area contributed by atoms with Gasteiger partial charge >= 0.3 is 5.97 Å². The van der Waals surface area contributed by atoms with Gasteiger partial charge in [0, 0.05) is 19.2 Å². The predicted octanol–water partition coefficient (Wildman–Crippen LogP) is 1.53. The second-order valence-corrected chi connectivity index (χ2v) is 4.06. The van der Waals surface area contributed by atoms with Gasteiger partial charge in [-0.1, -0.05) is 18.2 Å². The molecule has 0 saturated carbocycles. The largest absolute Gasteiger partial charge is 0.456 e. The van der Waals surface area contributed by atoms with Crippen molar-refractivity contribution in [3.05, 3.63) is 29.8 Å². The Hall–Kier alpha value is -1.84. The Bertz CT molecular complexity index is 442. The maximum atomic E-state index is 11.9. The van der Waals surface area contributed by atoms with Crippen molar-refractivity contribution in [3.8, 4) is 0 Å². The summed E-state index contributed by atoms with van der Waals surface area (Å²) in [5.74, 6) is -0.587. The first-order chi connectivity index (χ1) is 8.18. The van der Waals surface area contributed by atoms with Crippen LogP contribution in [0.15, 0.2) is 24.3 Å². The molecule has 4 heteroatoms. The Labute approximate surface area is 100 Å². The average molecular weight is 233 g/mol. The van der Waals surface area contributed by atoms with E-state index < -0.39 is 5.97 Å². The zero-order chi connectivity index (χ0) is 12.3. The molecule has 1 aliphatic rings. The van der Waals surface area contributed by atoms with Crippen molar-refractivity contribution in [2.75, 3.05) is 18.1 Å². The fraction of sp³-hybridized carbons (Fsp3) is 0.385. The van der Waals surface area contributed by atoms with Gasteiger partial charge in [-0.25, -0.2) is 0 Å². The van der Waals surface area contributed by atoms with Crippen molar-refractivity contribution in [1.29, 1.82) is 0 Å². The molecule has 0 saturated heterocycles. The van der Waals surface area contributed by atoms with Crippen LogP contribution in [0.2, 0.25) is 0 Å². The molecule has 0 spiro atoms.